The van der Waals surface area contributed by atoms with Gasteiger partial charge in [0, 0.05) is 32.4 Å². The van der Waals surface area contributed by atoms with Crippen molar-refractivity contribution in [3.8, 4) is 0 Å². The number of sulfonamides is 1. The second-order valence-electron chi connectivity index (χ2n) is 6.51. The van der Waals surface area contributed by atoms with Crippen LogP contribution in [0.15, 0.2) is 53.4 Å². The Morgan fingerprint density at radius 3 is 2.39 bits per heavy atom. The predicted molar refractivity (Wildman–Crippen MR) is 106 cm³/mol. The van der Waals surface area contributed by atoms with Crippen LogP contribution in [-0.4, -0.2) is 59.2 Å². The van der Waals surface area contributed by atoms with Gasteiger partial charge in [0.15, 0.2) is 0 Å². The molecular weight excluding hydrogens is 380 g/mol. The third-order valence-electron chi connectivity index (χ3n) is 4.70. The van der Waals surface area contributed by atoms with E-state index in [0.29, 0.717) is 13.2 Å². The van der Waals surface area contributed by atoms with Crippen molar-refractivity contribution in [1.82, 2.24) is 4.31 Å². The topological polar surface area (TPSA) is 76.2 Å². The fourth-order valence-electron chi connectivity index (χ4n) is 3.11. The number of methoxy groups -OCH3 is 1. The molecule has 0 saturated carbocycles. The van der Waals surface area contributed by atoms with E-state index in [4.69, 9.17) is 9.47 Å². The van der Waals surface area contributed by atoms with Crippen LogP contribution in [0.4, 0.5) is 5.69 Å². The summed E-state index contributed by atoms with van der Waals surface area (Å²) in [5, 5.41) is 0. The molecule has 1 aliphatic rings. The summed E-state index contributed by atoms with van der Waals surface area (Å²) < 4.78 is 37.3. The first-order valence-electron chi connectivity index (χ1n) is 8.99. The van der Waals surface area contributed by atoms with E-state index in [9.17, 15) is 13.2 Å². The third kappa shape index (κ3) is 4.35. The number of esters is 1. The molecule has 8 heteroatoms. The summed E-state index contributed by atoms with van der Waals surface area (Å²) >= 11 is 0. The highest BCUT2D eigenvalue weighted by atomic mass is 32.2. The highest BCUT2D eigenvalue weighted by Gasteiger charge is 2.27. The molecule has 0 radical (unpaired) electrons. The van der Waals surface area contributed by atoms with E-state index in [-0.39, 0.29) is 17.0 Å². The fourth-order valence-corrected chi connectivity index (χ4v) is 4.45. The Bertz CT molecular complexity index is 922. The Morgan fingerprint density at radius 2 is 1.75 bits per heavy atom. The van der Waals surface area contributed by atoms with Crippen LogP contribution in [0.5, 0.6) is 0 Å². The average Bonchev–Trinajstić information content (AvgIpc) is 2.74. The Balaban J connectivity index is 1.77. The zero-order valence-electron chi connectivity index (χ0n) is 16.0. The largest absolute Gasteiger partial charge is 0.465 e. The Morgan fingerprint density at radius 1 is 1.11 bits per heavy atom. The van der Waals surface area contributed by atoms with Crippen LogP contribution >= 0.6 is 0 Å². The number of nitrogens with zero attached hydrogens (tertiary/aromatic N) is 2. The molecule has 1 heterocycles. The van der Waals surface area contributed by atoms with Crippen LogP contribution in [-0.2, 0) is 26.0 Å². The number of rotatable bonds is 6. The van der Waals surface area contributed by atoms with Gasteiger partial charge in [-0.3, -0.25) is 0 Å². The molecule has 0 N–H and O–H groups in total. The number of carbonyl (C=O) groups is 1. The molecule has 1 aliphatic heterocycles. The lowest BCUT2D eigenvalue weighted by Gasteiger charge is -2.29. The molecule has 0 aliphatic carbocycles. The maximum atomic E-state index is 13.0. The lowest BCUT2D eigenvalue weighted by molar-refractivity contribution is 0.0596. The minimum atomic E-state index is -3.85. The van der Waals surface area contributed by atoms with Crippen molar-refractivity contribution in [3.63, 3.8) is 0 Å². The van der Waals surface area contributed by atoms with Gasteiger partial charge in [-0.2, -0.15) is 4.31 Å². The van der Waals surface area contributed by atoms with E-state index in [1.807, 2.05) is 24.3 Å². The van der Waals surface area contributed by atoms with E-state index >= 15 is 0 Å². The molecule has 0 aromatic heterocycles. The van der Waals surface area contributed by atoms with E-state index in [1.165, 1.54) is 30.6 Å². The maximum Gasteiger partial charge on any atom is 0.339 e. The first-order valence-corrected chi connectivity index (χ1v) is 10.4. The van der Waals surface area contributed by atoms with Gasteiger partial charge in [-0.05, 0) is 29.8 Å². The summed E-state index contributed by atoms with van der Waals surface area (Å²) in [6, 6.07) is 13.9. The second kappa shape index (κ2) is 8.72. The molecule has 0 spiro atoms. The van der Waals surface area contributed by atoms with Crippen molar-refractivity contribution in [1.29, 1.82) is 0 Å². The number of benzene rings is 2. The summed E-state index contributed by atoms with van der Waals surface area (Å²) in [7, 11) is -1.12. The van der Waals surface area contributed by atoms with Gasteiger partial charge in [0.2, 0.25) is 10.0 Å². The zero-order chi connectivity index (χ0) is 20.1. The van der Waals surface area contributed by atoms with Gasteiger partial charge in [-0.1, -0.05) is 24.3 Å². The second-order valence-corrected chi connectivity index (χ2v) is 8.53. The lowest BCUT2D eigenvalue weighted by Crippen LogP contribution is -2.36. The van der Waals surface area contributed by atoms with Gasteiger partial charge >= 0.3 is 5.97 Å². The molecule has 0 unspecified atom stereocenters. The highest BCUT2D eigenvalue weighted by Crippen LogP contribution is 2.23. The predicted octanol–water partition coefficient (Wildman–Crippen LogP) is 2.13. The average molecular weight is 404 g/mol. The SMILES string of the molecule is COC(=O)c1ccccc1S(=O)(=O)N(C)Cc1ccc(N2CCOCC2)cc1. The monoisotopic (exact) mass is 404 g/mol. The van der Waals surface area contributed by atoms with Gasteiger partial charge in [-0.25, -0.2) is 13.2 Å². The number of hydrogen-bond acceptors (Lipinski definition) is 6. The fraction of sp³-hybridized carbons (Fsp3) is 0.350. The molecule has 1 fully saturated rings. The standard InChI is InChI=1S/C20H24N2O5S/c1-21(28(24,25)19-6-4-3-5-18(19)20(23)26-2)15-16-7-9-17(10-8-16)22-11-13-27-14-12-22/h3-10H,11-15H2,1-2H3. The van der Waals surface area contributed by atoms with E-state index < -0.39 is 16.0 Å². The minimum absolute atomic E-state index is 0.0273. The maximum absolute atomic E-state index is 13.0. The summed E-state index contributed by atoms with van der Waals surface area (Å²) in [4.78, 5) is 14.1. The van der Waals surface area contributed by atoms with Crippen LogP contribution in [0.2, 0.25) is 0 Å². The molecule has 2 aromatic carbocycles. The zero-order valence-corrected chi connectivity index (χ0v) is 16.8. The number of carbonyl (C=O) groups excluding carboxylic acids is 1. The number of morpholine rings is 1. The summed E-state index contributed by atoms with van der Waals surface area (Å²) in [6.45, 7) is 3.31. The van der Waals surface area contributed by atoms with E-state index in [0.717, 1.165) is 24.3 Å². The van der Waals surface area contributed by atoms with Crippen molar-refractivity contribution in [2.75, 3.05) is 45.4 Å². The first-order chi connectivity index (χ1) is 13.4. The van der Waals surface area contributed by atoms with Gasteiger partial charge in [0.1, 0.15) is 0 Å². The number of anilines is 1. The van der Waals surface area contributed by atoms with Crippen molar-refractivity contribution >= 4 is 21.7 Å². The Kier molecular flexibility index (Phi) is 6.33. The van der Waals surface area contributed by atoms with Crippen LogP contribution in [0.3, 0.4) is 0 Å². The van der Waals surface area contributed by atoms with Gasteiger partial charge < -0.3 is 14.4 Å². The van der Waals surface area contributed by atoms with Crippen molar-refractivity contribution in [2.24, 2.45) is 0 Å². The normalized spacial score (nSPS) is 14.9. The molecule has 28 heavy (non-hydrogen) atoms. The third-order valence-corrected chi connectivity index (χ3v) is 6.56. The summed E-state index contributed by atoms with van der Waals surface area (Å²) in [5.74, 6) is -0.678. The van der Waals surface area contributed by atoms with Crippen molar-refractivity contribution < 1.29 is 22.7 Å². The van der Waals surface area contributed by atoms with Gasteiger partial charge in [0.05, 0.1) is 30.8 Å². The summed E-state index contributed by atoms with van der Waals surface area (Å²) in [5.41, 5.74) is 1.98. The van der Waals surface area contributed by atoms with E-state index in [2.05, 4.69) is 4.90 Å². The van der Waals surface area contributed by atoms with E-state index in [1.54, 1.807) is 12.1 Å². The number of hydrogen-bond donors (Lipinski definition) is 0. The highest BCUT2D eigenvalue weighted by molar-refractivity contribution is 7.89. The quantitative estimate of drug-likeness (QED) is 0.687. The van der Waals surface area contributed by atoms with Crippen LogP contribution in [0.1, 0.15) is 15.9 Å². The summed E-state index contributed by atoms with van der Waals surface area (Å²) in [6.07, 6.45) is 0. The molecule has 7 nitrogen and oxygen atoms in total. The van der Waals surface area contributed by atoms with Crippen molar-refractivity contribution in [2.45, 2.75) is 11.4 Å². The Labute approximate surface area is 165 Å². The van der Waals surface area contributed by atoms with Gasteiger partial charge in [0.25, 0.3) is 0 Å². The van der Waals surface area contributed by atoms with Crippen LogP contribution < -0.4 is 4.90 Å². The molecule has 2 aromatic rings. The molecule has 3 rings (SSSR count). The van der Waals surface area contributed by atoms with Crippen molar-refractivity contribution in [3.05, 3.63) is 59.7 Å². The lowest BCUT2D eigenvalue weighted by atomic mass is 10.2. The minimum Gasteiger partial charge on any atom is -0.465 e. The molecule has 0 atom stereocenters. The Hall–Kier alpha value is -2.42. The van der Waals surface area contributed by atoms with Crippen LogP contribution in [0.25, 0.3) is 0 Å². The molecule has 0 bridgehead atoms. The first kappa shape index (κ1) is 20.3. The molecular formula is C20H24N2O5S. The molecule has 1 saturated heterocycles. The molecule has 150 valence electrons. The molecule has 0 amide bonds. The van der Waals surface area contributed by atoms with Crippen LogP contribution in [0, 0.1) is 0 Å². The smallest absolute Gasteiger partial charge is 0.339 e. The number of ether oxygens (including phenoxy) is 2. The van der Waals surface area contributed by atoms with Gasteiger partial charge in [-0.15, -0.1) is 0 Å².